The zero-order chi connectivity index (χ0) is 14.7. The second-order valence-electron chi connectivity index (χ2n) is 5.49. The number of carbonyl (C=O) groups is 1. The lowest BCUT2D eigenvalue weighted by Gasteiger charge is -2.22. The molecule has 1 aliphatic heterocycles. The number of rotatable bonds is 4. The summed E-state index contributed by atoms with van der Waals surface area (Å²) in [5.74, 6) is 0.797. The predicted octanol–water partition coefficient (Wildman–Crippen LogP) is 0.627. The van der Waals surface area contributed by atoms with Gasteiger partial charge in [0.15, 0.2) is 0 Å². The summed E-state index contributed by atoms with van der Waals surface area (Å²) in [7, 11) is 1.80. The van der Waals surface area contributed by atoms with Gasteiger partial charge in [0.1, 0.15) is 11.5 Å². The van der Waals surface area contributed by atoms with Crippen LogP contribution < -0.4 is 16.6 Å². The lowest BCUT2D eigenvalue weighted by Crippen LogP contribution is -2.33. The topological polar surface area (TPSA) is 83.3 Å². The molecule has 0 aliphatic carbocycles. The van der Waals surface area contributed by atoms with Crippen LogP contribution in [0, 0.1) is 5.92 Å². The van der Waals surface area contributed by atoms with Gasteiger partial charge in [-0.05, 0) is 38.3 Å². The molecule has 0 radical (unpaired) electrons. The fourth-order valence-electron chi connectivity index (χ4n) is 2.62. The Morgan fingerprint density at radius 1 is 1.35 bits per heavy atom. The van der Waals surface area contributed by atoms with E-state index in [1.165, 1.54) is 0 Å². The van der Waals surface area contributed by atoms with E-state index in [1.54, 1.807) is 30.1 Å². The van der Waals surface area contributed by atoms with E-state index in [4.69, 9.17) is 5.73 Å². The second kappa shape index (κ2) is 6.19. The molecule has 1 aromatic rings. The number of nitrogens with one attached hydrogen (secondary N) is 2. The SMILES string of the molecule is CC1NNC(C)C1CCN(C)C(=O)c1cccc(N)n1. The van der Waals surface area contributed by atoms with Gasteiger partial charge in [-0.2, -0.15) is 0 Å². The highest BCUT2D eigenvalue weighted by atomic mass is 16.2. The number of aromatic nitrogens is 1. The maximum atomic E-state index is 12.2. The van der Waals surface area contributed by atoms with Crippen LogP contribution >= 0.6 is 0 Å². The lowest BCUT2D eigenvalue weighted by molar-refractivity contribution is 0.0779. The number of nitrogens with zero attached hydrogens (tertiary/aromatic N) is 2. The number of hydrogen-bond donors (Lipinski definition) is 3. The molecule has 6 nitrogen and oxygen atoms in total. The third kappa shape index (κ3) is 3.26. The van der Waals surface area contributed by atoms with Crippen LogP contribution in [0.3, 0.4) is 0 Å². The largest absolute Gasteiger partial charge is 0.384 e. The zero-order valence-corrected chi connectivity index (χ0v) is 12.3. The number of nitrogens with two attached hydrogens (primary N) is 1. The summed E-state index contributed by atoms with van der Waals surface area (Å²) >= 11 is 0. The number of amides is 1. The van der Waals surface area contributed by atoms with Gasteiger partial charge in [-0.25, -0.2) is 4.98 Å². The molecule has 110 valence electrons. The monoisotopic (exact) mass is 277 g/mol. The molecule has 0 spiro atoms. The second-order valence-corrected chi connectivity index (χ2v) is 5.49. The fraction of sp³-hybridized carbons (Fsp3) is 0.571. The predicted molar refractivity (Wildman–Crippen MR) is 78.9 cm³/mol. The van der Waals surface area contributed by atoms with Crippen LogP contribution in [0.25, 0.3) is 0 Å². The van der Waals surface area contributed by atoms with E-state index in [1.807, 2.05) is 0 Å². The Bertz CT molecular complexity index is 468. The first-order valence-electron chi connectivity index (χ1n) is 6.98. The van der Waals surface area contributed by atoms with Crippen molar-refractivity contribution in [2.75, 3.05) is 19.3 Å². The van der Waals surface area contributed by atoms with Crippen molar-refractivity contribution >= 4 is 11.7 Å². The molecular weight excluding hydrogens is 254 g/mol. The molecule has 4 N–H and O–H groups in total. The summed E-state index contributed by atoms with van der Waals surface area (Å²) in [6.07, 6.45) is 0.951. The number of hydrogen-bond acceptors (Lipinski definition) is 5. The summed E-state index contributed by atoms with van der Waals surface area (Å²) in [5.41, 5.74) is 12.5. The Hall–Kier alpha value is -1.66. The van der Waals surface area contributed by atoms with Crippen molar-refractivity contribution in [2.45, 2.75) is 32.4 Å². The van der Waals surface area contributed by atoms with Crippen LogP contribution in [0.5, 0.6) is 0 Å². The maximum absolute atomic E-state index is 12.2. The molecule has 1 saturated heterocycles. The van der Waals surface area contributed by atoms with E-state index in [0.717, 1.165) is 6.42 Å². The normalized spacial score (nSPS) is 25.6. The standard InChI is InChI=1S/C14H23N5O/c1-9-11(10(2)18-17-9)7-8-19(3)14(20)12-5-4-6-13(15)16-12/h4-6,9-11,17-18H,7-8H2,1-3H3,(H2,15,16). The van der Waals surface area contributed by atoms with E-state index < -0.39 is 0 Å². The van der Waals surface area contributed by atoms with Crippen LogP contribution in [0.15, 0.2) is 18.2 Å². The third-order valence-corrected chi connectivity index (χ3v) is 3.96. The first-order chi connectivity index (χ1) is 9.49. The van der Waals surface area contributed by atoms with Crippen LogP contribution in [-0.2, 0) is 0 Å². The molecule has 0 aromatic carbocycles. The molecule has 6 heteroatoms. The highest BCUT2D eigenvalue weighted by Crippen LogP contribution is 2.18. The average Bonchev–Trinajstić information content (AvgIpc) is 2.74. The van der Waals surface area contributed by atoms with Gasteiger partial charge in [-0.1, -0.05) is 6.07 Å². The molecule has 1 amide bonds. The lowest BCUT2D eigenvalue weighted by atomic mass is 9.93. The Morgan fingerprint density at radius 2 is 2.00 bits per heavy atom. The quantitative estimate of drug-likeness (QED) is 0.752. The Balaban J connectivity index is 1.91. The van der Waals surface area contributed by atoms with E-state index >= 15 is 0 Å². The number of anilines is 1. The fourth-order valence-corrected chi connectivity index (χ4v) is 2.62. The van der Waals surface area contributed by atoms with Crippen molar-refractivity contribution in [1.82, 2.24) is 20.7 Å². The van der Waals surface area contributed by atoms with Crippen molar-refractivity contribution in [3.05, 3.63) is 23.9 Å². The molecule has 0 bridgehead atoms. The number of pyridine rings is 1. The summed E-state index contributed by atoms with van der Waals surface area (Å²) in [5, 5.41) is 0. The minimum atomic E-state index is -0.0866. The molecule has 2 atom stereocenters. The van der Waals surface area contributed by atoms with Crippen LogP contribution in [0.4, 0.5) is 5.82 Å². The maximum Gasteiger partial charge on any atom is 0.272 e. The van der Waals surface area contributed by atoms with Crippen molar-refractivity contribution in [2.24, 2.45) is 5.92 Å². The summed E-state index contributed by atoms with van der Waals surface area (Å²) < 4.78 is 0. The van der Waals surface area contributed by atoms with Gasteiger partial charge in [0, 0.05) is 25.7 Å². The molecule has 0 saturated carbocycles. The first-order valence-corrected chi connectivity index (χ1v) is 6.98. The van der Waals surface area contributed by atoms with Crippen molar-refractivity contribution < 1.29 is 4.79 Å². The van der Waals surface area contributed by atoms with Gasteiger partial charge in [0.25, 0.3) is 5.91 Å². The van der Waals surface area contributed by atoms with Crippen LogP contribution in [0.2, 0.25) is 0 Å². The molecule has 1 aromatic heterocycles. The molecule has 2 unspecified atom stereocenters. The van der Waals surface area contributed by atoms with Gasteiger partial charge in [-0.15, -0.1) is 0 Å². The van der Waals surface area contributed by atoms with E-state index in [9.17, 15) is 4.79 Å². The van der Waals surface area contributed by atoms with Gasteiger partial charge in [-0.3, -0.25) is 15.6 Å². The molecule has 20 heavy (non-hydrogen) atoms. The Kier molecular flexibility index (Phi) is 4.57. The summed E-state index contributed by atoms with van der Waals surface area (Å²) in [4.78, 5) is 18.0. The van der Waals surface area contributed by atoms with Crippen LogP contribution in [0.1, 0.15) is 30.8 Å². The third-order valence-electron chi connectivity index (χ3n) is 3.96. The smallest absolute Gasteiger partial charge is 0.272 e. The summed E-state index contributed by atoms with van der Waals surface area (Å²) in [6, 6.07) is 5.95. The Morgan fingerprint density at radius 3 is 2.60 bits per heavy atom. The number of carbonyl (C=O) groups excluding carboxylic acids is 1. The number of nitrogen functional groups attached to an aromatic ring is 1. The number of hydrazine groups is 1. The highest BCUT2D eigenvalue weighted by Gasteiger charge is 2.29. The Labute approximate surface area is 119 Å². The zero-order valence-electron chi connectivity index (χ0n) is 12.3. The summed E-state index contributed by atoms with van der Waals surface area (Å²) in [6.45, 7) is 5.02. The van der Waals surface area contributed by atoms with Gasteiger partial charge < -0.3 is 10.6 Å². The van der Waals surface area contributed by atoms with Gasteiger partial charge in [0.05, 0.1) is 0 Å². The molecule has 1 aliphatic rings. The van der Waals surface area contributed by atoms with E-state index in [2.05, 4.69) is 29.7 Å². The average molecular weight is 277 g/mol. The van der Waals surface area contributed by atoms with Gasteiger partial charge >= 0.3 is 0 Å². The minimum Gasteiger partial charge on any atom is -0.384 e. The van der Waals surface area contributed by atoms with Crippen molar-refractivity contribution in [1.29, 1.82) is 0 Å². The van der Waals surface area contributed by atoms with Crippen molar-refractivity contribution in [3.63, 3.8) is 0 Å². The molecule has 1 fully saturated rings. The van der Waals surface area contributed by atoms with Crippen molar-refractivity contribution in [3.8, 4) is 0 Å². The first kappa shape index (κ1) is 14.7. The minimum absolute atomic E-state index is 0.0866. The van der Waals surface area contributed by atoms with E-state index in [0.29, 0.717) is 36.1 Å². The molecule has 2 rings (SSSR count). The highest BCUT2D eigenvalue weighted by molar-refractivity contribution is 5.92. The van der Waals surface area contributed by atoms with Crippen LogP contribution in [-0.4, -0.2) is 41.5 Å². The van der Waals surface area contributed by atoms with Gasteiger partial charge in [0.2, 0.25) is 0 Å². The molecule has 2 heterocycles. The van der Waals surface area contributed by atoms with E-state index in [-0.39, 0.29) is 5.91 Å². The molecular formula is C14H23N5O.